The normalized spacial score (nSPS) is 38.0. The van der Waals surface area contributed by atoms with Gasteiger partial charge < -0.3 is 68.1 Å². The fourth-order valence-corrected chi connectivity index (χ4v) is 13.7. The third-order valence-corrected chi connectivity index (χ3v) is 21.1. The van der Waals surface area contributed by atoms with Gasteiger partial charge in [0.05, 0.1) is 6.61 Å². The summed E-state index contributed by atoms with van der Waals surface area (Å²) in [5.74, 6) is 0. The first-order chi connectivity index (χ1) is 25.6. The Bertz CT molecular complexity index is 1390. The number of hydrogen-bond donors (Lipinski definition) is 0. The van der Waals surface area contributed by atoms with Crippen molar-refractivity contribution in [2.45, 2.75) is 225 Å². The van der Waals surface area contributed by atoms with E-state index >= 15 is 0 Å². The van der Waals surface area contributed by atoms with Crippen molar-refractivity contribution in [3.63, 3.8) is 0 Å². The fraction of sp³-hybridized carbons (Fsp3) is 1.00. The zero-order chi connectivity index (χ0) is 42.8. The van der Waals surface area contributed by atoms with Crippen LogP contribution in [0.5, 0.6) is 0 Å². The van der Waals surface area contributed by atoms with Gasteiger partial charge in [-0.1, -0.05) is 0 Å². The highest BCUT2D eigenvalue weighted by Crippen LogP contribution is 2.67. The van der Waals surface area contributed by atoms with Crippen molar-refractivity contribution in [2.24, 2.45) is 0 Å². The average molecular weight is 911 g/mol. The average Bonchev–Trinajstić information content (AvgIpc) is 3.59. The van der Waals surface area contributed by atoms with Crippen molar-refractivity contribution >= 4 is 43.0 Å². The van der Waals surface area contributed by atoms with E-state index < -0.39 is 130 Å². The summed E-state index contributed by atoms with van der Waals surface area (Å²) in [6.45, 7) is 39.1. The molecule has 0 aromatic rings. The molecule has 0 radical (unpaired) electrons. The highest BCUT2D eigenvalue weighted by Gasteiger charge is 2.62. The minimum Gasteiger partial charge on any atom is -0.341 e. The van der Waals surface area contributed by atoms with Crippen LogP contribution in [-0.4, -0.2) is 93.3 Å². The Kier molecular flexibility index (Phi) is 13.1. The molecule has 0 aromatic carbocycles. The largest absolute Gasteiger partial charge is 0.341 e. The molecule has 0 amide bonds. The Balaban J connectivity index is 1.40. The molecular weight excluding hydrogens is 843 g/mol. The zero-order valence-electron chi connectivity index (χ0n) is 37.4. The van der Waals surface area contributed by atoms with Gasteiger partial charge in [-0.3, -0.25) is 4.52 Å². The van der Waals surface area contributed by atoms with Gasteiger partial charge in [-0.25, -0.2) is 0 Å². The van der Waals surface area contributed by atoms with Gasteiger partial charge in [0.25, 0.3) is 0 Å². The number of rotatable bonds is 11. The van der Waals surface area contributed by atoms with Crippen LogP contribution in [0.15, 0.2) is 0 Å². The first-order valence-electron chi connectivity index (χ1n) is 19.5. The van der Waals surface area contributed by atoms with Crippen molar-refractivity contribution in [3.8, 4) is 0 Å². The van der Waals surface area contributed by atoms with Gasteiger partial charge in [0.1, 0.15) is 80.4 Å². The van der Waals surface area contributed by atoms with Gasteiger partial charge in [0, 0.05) is 0 Å². The third kappa shape index (κ3) is 9.37. The van der Waals surface area contributed by atoms with Crippen LogP contribution < -0.4 is 0 Å². The zero-order valence-corrected chi connectivity index (χ0v) is 41.8. The van der Waals surface area contributed by atoms with Crippen molar-refractivity contribution in [2.75, 3.05) is 6.61 Å². The Morgan fingerprint density at radius 2 is 0.561 bits per heavy atom. The van der Waals surface area contributed by atoms with Crippen LogP contribution in [0.2, 0.25) is 0 Å². The Morgan fingerprint density at radius 1 is 0.316 bits per heavy atom. The first-order valence-corrected chi connectivity index (χ1v) is 25.0. The van der Waals surface area contributed by atoms with E-state index in [9.17, 15) is 0 Å². The van der Waals surface area contributed by atoms with Crippen molar-refractivity contribution in [3.05, 3.63) is 0 Å². The van der Waals surface area contributed by atoms with Crippen LogP contribution in [0.3, 0.4) is 0 Å². The van der Waals surface area contributed by atoms with E-state index in [0.717, 1.165) is 0 Å². The Labute approximate surface area is 346 Å². The molecule has 0 N–H and O–H groups in total. The van der Waals surface area contributed by atoms with E-state index in [1.54, 1.807) is 0 Å². The lowest BCUT2D eigenvalue weighted by molar-refractivity contribution is -0.265. The molecule has 6 saturated heterocycles. The highest BCUT2D eigenvalue weighted by molar-refractivity contribution is 7.43. The van der Waals surface area contributed by atoms with Gasteiger partial charge in [-0.05, 0) is 138 Å². The summed E-state index contributed by atoms with van der Waals surface area (Å²) >= 11 is 0. The smallest absolute Gasteiger partial charge is 0.336 e. The van der Waals surface area contributed by atoms with Crippen molar-refractivity contribution in [1.29, 1.82) is 0 Å². The van der Waals surface area contributed by atoms with E-state index in [-0.39, 0.29) is 6.61 Å². The minimum atomic E-state index is -2.00. The topological polar surface area (TPSA) is 148 Å². The molecule has 0 aromatic heterocycles. The van der Waals surface area contributed by atoms with Crippen LogP contribution in [0.25, 0.3) is 0 Å². The van der Waals surface area contributed by atoms with Crippen LogP contribution in [0.1, 0.15) is 138 Å². The Hall–Kier alpha value is 1.51. The Morgan fingerprint density at radius 3 is 0.877 bits per heavy atom. The van der Waals surface area contributed by atoms with E-state index in [0.29, 0.717) is 0 Å². The third-order valence-electron chi connectivity index (χ3n) is 13.0. The van der Waals surface area contributed by atoms with Crippen LogP contribution in [-0.2, 0) is 72.6 Å². The van der Waals surface area contributed by atoms with Gasteiger partial charge >= 0.3 is 43.0 Å². The SMILES string of the molecule is CC1(C)OP(OC[C@H]2O[C@H](OP3OC(C)(C)C(C)(C)O3)[C@H](OP3OC(C)(C)C(C)(C)O3)[C@@H](OP3OC(C)(C)C(C)(C)O3)[C@@H]2OP2OC(C)(C)C(C)(C)O2)OC1(C)C. The van der Waals surface area contributed by atoms with E-state index in [4.69, 9.17) is 72.6 Å². The molecule has 6 rings (SSSR count). The molecule has 6 heterocycles. The first kappa shape index (κ1) is 48.0. The van der Waals surface area contributed by atoms with E-state index in [1.165, 1.54) is 0 Å². The molecule has 0 saturated carbocycles. The monoisotopic (exact) mass is 910 g/mol. The standard InChI is InChI=1S/C36H67O16P5/c1-27(2)28(3,4)44-53(43-27)37-21-22-23(39-54-45-29(5,6)30(7,8)46-54)24(40-55-47-31(9,10)32(11,12)48-55)25(41-56-49-33(13,14)34(15,16)50-56)26(38-22)42-57-51-35(17,18)36(19,20)52-57/h22-26H,21H2,1-20H3/t22-,23-,24+,25-,26-/m1/s1. The van der Waals surface area contributed by atoms with Gasteiger partial charge in [0.2, 0.25) is 0 Å². The summed E-state index contributed by atoms with van der Waals surface area (Å²) in [6.07, 6.45) is -5.23. The maximum atomic E-state index is 6.94. The van der Waals surface area contributed by atoms with E-state index in [2.05, 4.69) is 0 Å². The molecule has 0 spiro atoms. The molecule has 16 nitrogen and oxygen atoms in total. The molecule has 0 aliphatic carbocycles. The molecule has 0 unspecified atom stereocenters. The lowest BCUT2D eigenvalue weighted by atomic mass is 9.90. The molecule has 332 valence electrons. The summed E-state index contributed by atoms with van der Waals surface area (Å²) in [7, 11) is -9.73. The molecule has 6 fully saturated rings. The molecule has 57 heavy (non-hydrogen) atoms. The van der Waals surface area contributed by atoms with Crippen LogP contribution in [0.4, 0.5) is 0 Å². The summed E-state index contributed by atoms with van der Waals surface area (Å²) < 4.78 is 105. The lowest BCUT2D eigenvalue weighted by Gasteiger charge is -2.46. The maximum absolute atomic E-state index is 6.94. The van der Waals surface area contributed by atoms with Gasteiger partial charge in [0.15, 0.2) is 6.29 Å². The number of ether oxygens (including phenoxy) is 1. The predicted molar refractivity (Wildman–Crippen MR) is 217 cm³/mol. The molecule has 5 atom stereocenters. The van der Waals surface area contributed by atoms with E-state index in [1.807, 2.05) is 138 Å². The number of hydrogen-bond acceptors (Lipinski definition) is 16. The lowest BCUT2D eigenvalue weighted by Crippen LogP contribution is -2.60. The molecule has 21 heteroatoms. The van der Waals surface area contributed by atoms with Crippen LogP contribution >= 0.6 is 43.0 Å². The minimum absolute atomic E-state index is 0.0694. The van der Waals surface area contributed by atoms with Gasteiger partial charge in [-0.15, -0.1) is 0 Å². The summed E-state index contributed by atoms with van der Waals surface area (Å²) in [5.41, 5.74) is -6.79. The highest BCUT2D eigenvalue weighted by atomic mass is 31.2. The second-order valence-corrected chi connectivity index (χ2v) is 25.5. The molecular formula is C36H67O16P5. The summed E-state index contributed by atoms with van der Waals surface area (Å²) in [4.78, 5) is 0. The van der Waals surface area contributed by atoms with Crippen LogP contribution in [0, 0.1) is 0 Å². The molecule has 6 aliphatic heterocycles. The quantitative estimate of drug-likeness (QED) is 0.181. The molecule has 0 bridgehead atoms. The van der Waals surface area contributed by atoms with Crippen molar-refractivity contribution in [1.82, 2.24) is 0 Å². The summed E-state index contributed by atoms with van der Waals surface area (Å²) in [5, 5.41) is 0. The summed E-state index contributed by atoms with van der Waals surface area (Å²) in [6, 6.07) is 0. The van der Waals surface area contributed by atoms with Crippen molar-refractivity contribution < 1.29 is 72.6 Å². The van der Waals surface area contributed by atoms with Gasteiger partial charge in [-0.2, -0.15) is 0 Å². The molecule has 6 aliphatic rings. The maximum Gasteiger partial charge on any atom is 0.336 e. The predicted octanol–water partition coefficient (Wildman–Crippen LogP) is 11.1. The second-order valence-electron chi connectivity index (χ2n) is 20.3. The fourth-order valence-electron chi connectivity index (χ4n) is 5.25. The second kappa shape index (κ2) is 15.6.